The predicted octanol–water partition coefficient (Wildman–Crippen LogP) is 18.8. The predicted molar refractivity (Wildman–Crippen MR) is 326 cm³/mol. The Morgan fingerprint density at radius 3 is 1.65 bits per heavy atom. The van der Waals surface area contributed by atoms with Crippen molar-refractivity contribution in [3.05, 3.63) is 295 Å². The van der Waals surface area contributed by atoms with Crippen LogP contribution in [0.25, 0.3) is 97.9 Å². The van der Waals surface area contributed by atoms with Gasteiger partial charge in [0.15, 0.2) is 0 Å². The molecular formula is C72H48N4S. The Labute approximate surface area is 450 Å². The topological polar surface area (TPSA) is 46.5 Å². The minimum absolute atomic E-state index is 0.494. The Bertz CT molecular complexity index is 4520. The number of aliphatic imine (C=N–C) groups is 1. The largest absolute Gasteiger partial charge is 0.405 e. The number of aromatic nitrogens is 1. The summed E-state index contributed by atoms with van der Waals surface area (Å²) in [6.07, 6.45) is 4.99. The van der Waals surface area contributed by atoms with Gasteiger partial charge in [0.1, 0.15) is 0 Å². The molecule has 362 valence electrons. The van der Waals surface area contributed by atoms with Crippen LogP contribution in [0.2, 0.25) is 0 Å². The zero-order chi connectivity index (χ0) is 51.2. The highest BCUT2D eigenvalue weighted by molar-refractivity contribution is 7.27. The lowest BCUT2D eigenvalue weighted by Gasteiger charge is -2.32. The second-order valence-corrected chi connectivity index (χ2v) is 21.1. The molecule has 0 bridgehead atoms. The van der Waals surface area contributed by atoms with Crippen molar-refractivity contribution >= 4 is 82.3 Å². The van der Waals surface area contributed by atoms with Gasteiger partial charge in [0, 0.05) is 65.5 Å². The van der Waals surface area contributed by atoms with Crippen LogP contribution < -0.4 is 10.6 Å². The van der Waals surface area contributed by atoms with Gasteiger partial charge in [-0.3, -0.25) is 4.99 Å². The lowest BCUT2D eigenvalue weighted by molar-refractivity contribution is 0.793. The Kier molecular flexibility index (Phi) is 10.2. The van der Waals surface area contributed by atoms with Gasteiger partial charge in [-0.05, 0) is 146 Å². The maximum atomic E-state index is 5.86. The van der Waals surface area contributed by atoms with Crippen molar-refractivity contribution in [3.63, 3.8) is 0 Å². The average molecular weight is 1000 g/mol. The molecule has 11 aromatic carbocycles. The van der Waals surface area contributed by atoms with Gasteiger partial charge in [0.05, 0.1) is 22.1 Å². The third-order valence-corrected chi connectivity index (χ3v) is 17.2. The molecule has 2 aromatic heterocycles. The molecule has 77 heavy (non-hydrogen) atoms. The average Bonchev–Trinajstić information content (AvgIpc) is 4.31. The fourth-order valence-corrected chi connectivity index (χ4v) is 14.1. The molecule has 13 aromatic rings. The minimum Gasteiger partial charge on any atom is -0.405 e. The molecule has 0 radical (unpaired) electrons. The minimum atomic E-state index is -0.494. The Morgan fingerprint density at radius 2 is 1.00 bits per heavy atom. The number of fused-ring (bicyclic) bond motifs is 17. The molecule has 4 nitrogen and oxygen atoms in total. The van der Waals surface area contributed by atoms with E-state index in [0.29, 0.717) is 5.70 Å². The van der Waals surface area contributed by atoms with E-state index < -0.39 is 5.41 Å². The third kappa shape index (κ3) is 6.74. The first-order valence-electron chi connectivity index (χ1n) is 26.2. The number of anilines is 3. The molecule has 5 heteroatoms. The van der Waals surface area contributed by atoms with E-state index in [1.165, 1.54) is 87.6 Å². The molecule has 15 rings (SSSR count). The van der Waals surface area contributed by atoms with Crippen molar-refractivity contribution in [1.29, 1.82) is 0 Å². The molecule has 0 unspecified atom stereocenters. The van der Waals surface area contributed by atoms with Gasteiger partial charge in [-0.1, -0.05) is 189 Å². The van der Waals surface area contributed by atoms with Gasteiger partial charge in [-0.25, -0.2) is 0 Å². The van der Waals surface area contributed by atoms with Crippen LogP contribution >= 0.6 is 11.3 Å². The van der Waals surface area contributed by atoms with E-state index in [1.54, 1.807) is 12.3 Å². The Balaban J connectivity index is 0.994. The van der Waals surface area contributed by atoms with E-state index in [0.717, 1.165) is 55.7 Å². The molecule has 0 atom stereocenters. The Morgan fingerprint density at radius 1 is 0.468 bits per heavy atom. The molecule has 2 N–H and O–H groups in total. The number of hydrogen-bond donors (Lipinski definition) is 1. The molecule has 0 fully saturated rings. The summed E-state index contributed by atoms with van der Waals surface area (Å²) >= 11 is 1.84. The van der Waals surface area contributed by atoms with Gasteiger partial charge in [0.2, 0.25) is 0 Å². The van der Waals surface area contributed by atoms with Crippen LogP contribution in [0, 0.1) is 0 Å². The van der Waals surface area contributed by atoms with E-state index in [1.807, 2.05) is 11.3 Å². The first-order chi connectivity index (χ1) is 38.1. The number of nitrogens with two attached hydrogens (primary N) is 1. The molecule has 0 aliphatic heterocycles. The summed E-state index contributed by atoms with van der Waals surface area (Å²) in [5.41, 5.74) is 28.6. The quantitative estimate of drug-likeness (QED) is 0.147. The number of benzene rings is 11. The van der Waals surface area contributed by atoms with E-state index >= 15 is 0 Å². The summed E-state index contributed by atoms with van der Waals surface area (Å²) in [6.45, 7) is 4.67. The van der Waals surface area contributed by atoms with Crippen molar-refractivity contribution < 1.29 is 0 Å². The van der Waals surface area contributed by atoms with Crippen LogP contribution in [-0.2, 0) is 5.41 Å². The van der Waals surface area contributed by atoms with E-state index in [2.05, 4.69) is 265 Å². The second-order valence-electron chi connectivity index (χ2n) is 20.0. The van der Waals surface area contributed by atoms with Crippen molar-refractivity contribution in [2.24, 2.45) is 10.7 Å². The first-order valence-corrected chi connectivity index (χ1v) is 27.0. The zero-order valence-corrected chi connectivity index (χ0v) is 42.8. The molecule has 0 amide bonds. The molecule has 0 saturated carbocycles. The van der Waals surface area contributed by atoms with Gasteiger partial charge in [-0.2, -0.15) is 0 Å². The highest BCUT2D eigenvalue weighted by atomic mass is 32.1. The van der Waals surface area contributed by atoms with Crippen LogP contribution in [-0.4, -0.2) is 10.8 Å². The fourth-order valence-electron chi connectivity index (χ4n) is 12.8. The summed E-state index contributed by atoms with van der Waals surface area (Å²) in [6, 6.07) is 91.5. The van der Waals surface area contributed by atoms with Crippen LogP contribution in [0.5, 0.6) is 0 Å². The molecule has 0 saturated heterocycles. The van der Waals surface area contributed by atoms with E-state index in [9.17, 15) is 0 Å². The van der Waals surface area contributed by atoms with E-state index in [-0.39, 0.29) is 0 Å². The standard InChI is InChI=1S/C72H48N4S/c1-46(74-41-17-40-73)60-45-67-70(59-37-32-50(48-20-7-3-8-21-48)42-66(59)76(67)51-22-9-4-10-23-51)71-69(60)61-43-53(36-39-68(61)77-71)75(52-33-30-49(31-34-52)47-18-5-2-6-19-47)54-35-38-58-57-26-13-16-29-64(57)72(65(58)44-54)62-27-14-11-24-55(62)56-25-12-15-28-63(56)72/h2-45H,1,73H2/b40-17-,74-41-. The molecular weight excluding hydrogens is 953 g/mol. The van der Waals surface area contributed by atoms with Crippen LogP contribution in [0.1, 0.15) is 27.8 Å². The zero-order valence-electron chi connectivity index (χ0n) is 41.9. The summed E-state index contributed by atoms with van der Waals surface area (Å²) in [5.74, 6) is 0. The summed E-state index contributed by atoms with van der Waals surface area (Å²) in [7, 11) is 0. The van der Waals surface area contributed by atoms with Crippen molar-refractivity contribution in [1.82, 2.24) is 4.57 Å². The van der Waals surface area contributed by atoms with Gasteiger partial charge < -0.3 is 15.2 Å². The molecule has 1 spiro atoms. The number of allylic oxidation sites excluding steroid dienone is 1. The highest BCUT2D eigenvalue weighted by Crippen LogP contribution is 2.63. The summed E-state index contributed by atoms with van der Waals surface area (Å²) in [5, 5.41) is 4.66. The van der Waals surface area contributed by atoms with Crippen LogP contribution in [0.4, 0.5) is 17.1 Å². The van der Waals surface area contributed by atoms with Gasteiger partial charge >= 0.3 is 0 Å². The number of nitrogens with zero attached hydrogens (tertiary/aromatic N) is 3. The first kappa shape index (κ1) is 44.7. The summed E-state index contributed by atoms with van der Waals surface area (Å²) < 4.78 is 4.78. The van der Waals surface area contributed by atoms with Crippen molar-refractivity contribution in [3.8, 4) is 50.2 Å². The highest BCUT2D eigenvalue weighted by Gasteiger charge is 2.51. The summed E-state index contributed by atoms with van der Waals surface area (Å²) in [4.78, 5) is 7.39. The van der Waals surface area contributed by atoms with Gasteiger partial charge in [0.25, 0.3) is 0 Å². The SMILES string of the molecule is C=C(/N=C\C=C/N)c1cc2c(c3ccc(-c4ccccc4)cc3n2-c2ccccc2)c2sc3ccc(N(c4ccc(-c5ccccc5)cc4)c4ccc5c(c4)C4(c6ccccc6-c6ccccc64)c4ccccc4-5)cc3c12. The molecule has 2 heterocycles. The Hall–Kier alpha value is -9.81. The lowest BCUT2D eigenvalue weighted by Crippen LogP contribution is -2.26. The molecule has 2 aliphatic rings. The van der Waals surface area contributed by atoms with Crippen LogP contribution in [0.15, 0.2) is 273 Å². The normalized spacial score (nSPS) is 13.0. The third-order valence-electron chi connectivity index (χ3n) is 16.0. The smallest absolute Gasteiger partial charge is 0.0726 e. The van der Waals surface area contributed by atoms with E-state index in [4.69, 9.17) is 10.7 Å². The van der Waals surface area contributed by atoms with Crippen LogP contribution in [0.3, 0.4) is 0 Å². The van der Waals surface area contributed by atoms with Crippen molar-refractivity contribution in [2.75, 3.05) is 4.90 Å². The van der Waals surface area contributed by atoms with Gasteiger partial charge in [-0.15, -0.1) is 11.3 Å². The molecule has 2 aliphatic carbocycles. The lowest BCUT2D eigenvalue weighted by atomic mass is 9.70. The number of thiophene rings is 1. The maximum Gasteiger partial charge on any atom is 0.0726 e. The fraction of sp³-hybridized carbons (Fsp3) is 0.0139. The van der Waals surface area contributed by atoms with Crippen molar-refractivity contribution in [2.45, 2.75) is 5.41 Å². The number of rotatable bonds is 9. The second kappa shape index (κ2) is 17.7. The number of para-hydroxylation sites is 1. The maximum absolute atomic E-state index is 5.86. The number of hydrogen-bond acceptors (Lipinski definition) is 4. The monoisotopic (exact) mass is 1000 g/mol.